The van der Waals surface area contributed by atoms with Crippen molar-refractivity contribution >= 4 is 41.5 Å². The van der Waals surface area contributed by atoms with E-state index in [0.717, 1.165) is 25.7 Å². The van der Waals surface area contributed by atoms with Gasteiger partial charge in [0.2, 0.25) is 11.8 Å². The van der Waals surface area contributed by atoms with Crippen LogP contribution in [-0.2, 0) is 19.1 Å². The average molecular weight is 542 g/mol. The number of rotatable bonds is 8. The molecule has 5 heterocycles. The number of likely N-dealkylation sites (tertiary alicyclic amines) is 1. The number of amides is 3. The second-order valence-corrected chi connectivity index (χ2v) is 11.6. The van der Waals surface area contributed by atoms with Crippen molar-refractivity contribution < 1.29 is 23.9 Å². The Morgan fingerprint density at radius 3 is 2.64 bits per heavy atom. The van der Waals surface area contributed by atoms with Crippen LogP contribution in [0.15, 0.2) is 11.7 Å². The number of nitrogens with zero attached hydrogens (tertiary/aromatic N) is 2. The third-order valence-corrected chi connectivity index (χ3v) is 9.18. The number of fused-ring (bicyclic) bond motifs is 3. The Morgan fingerprint density at radius 1 is 1.33 bits per heavy atom. The molecule has 200 valence electrons. The van der Waals surface area contributed by atoms with Gasteiger partial charge in [-0.2, -0.15) is 0 Å². The van der Waals surface area contributed by atoms with E-state index < -0.39 is 18.1 Å². The first-order valence-electron chi connectivity index (χ1n) is 12.5. The van der Waals surface area contributed by atoms with Gasteiger partial charge in [-0.1, -0.05) is 0 Å². The number of thiazole rings is 1. The van der Waals surface area contributed by atoms with E-state index >= 15 is 0 Å². The Labute approximate surface area is 221 Å². The maximum Gasteiger partial charge on any atom is 0.265 e. The monoisotopic (exact) mass is 541 g/mol. The third kappa shape index (κ3) is 5.13. The van der Waals surface area contributed by atoms with Crippen LogP contribution in [0.1, 0.15) is 42.3 Å². The van der Waals surface area contributed by atoms with Crippen molar-refractivity contribution in [3.63, 3.8) is 0 Å². The summed E-state index contributed by atoms with van der Waals surface area (Å²) in [4.78, 5) is 45.6. The highest BCUT2D eigenvalue weighted by Gasteiger charge is 2.55. The van der Waals surface area contributed by atoms with Crippen molar-refractivity contribution in [2.24, 2.45) is 16.7 Å². The fourth-order valence-electron chi connectivity index (χ4n) is 5.97. The minimum Gasteiger partial charge on any atom is -0.378 e. The highest BCUT2D eigenvalue weighted by atomic mass is 35.5. The van der Waals surface area contributed by atoms with Crippen molar-refractivity contribution in [2.45, 2.75) is 50.9 Å². The van der Waals surface area contributed by atoms with E-state index in [1.54, 1.807) is 23.7 Å². The summed E-state index contributed by atoms with van der Waals surface area (Å²) in [5.74, 6) is -1.00. The Balaban J connectivity index is 0.00000304. The van der Waals surface area contributed by atoms with Gasteiger partial charge in [0.25, 0.3) is 5.91 Å². The molecular formula is C24H36ClN5O5S. The molecule has 1 aliphatic carbocycles. The van der Waals surface area contributed by atoms with E-state index in [0.29, 0.717) is 50.4 Å². The molecule has 0 radical (unpaired) electrons. The number of hydrogen-bond acceptors (Lipinski definition) is 8. The molecule has 36 heavy (non-hydrogen) atoms. The zero-order valence-electron chi connectivity index (χ0n) is 20.8. The maximum absolute atomic E-state index is 13.5. The molecule has 12 heteroatoms. The minimum absolute atomic E-state index is 0. The fourth-order valence-corrected chi connectivity index (χ4v) is 6.56. The van der Waals surface area contributed by atoms with Crippen molar-refractivity contribution in [1.29, 1.82) is 0 Å². The molecule has 1 aromatic rings. The lowest BCUT2D eigenvalue weighted by atomic mass is 9.72. The van der Waals surface area contributed by atoms with Gasteiger partial charge < -0.3 is 30.3 Å². The molecule has 3 atom stereocenters. The summed E-state index contributed by atoms with van der Waals surface area (Å²) in [6.45, 7) is 5.20. The maximum atomic E-state index is 13.5. The van der Waals surface area contributed by atoms with Gasteiger partial charge in [0.05, 0.1) is 43.0 Å². The lowest BCUT2D eigenvalue weighted by Gasteiger charge is -2.46. The van der Waals surface area contributed by atoms with Crippen LogP contribution in [-0.4, -0.2) is 92.3 Å². The van der Waals surface area contributed by atoms with Crippen LogP contribution in [0.4, 0.5) is 0 Å². The molecule has 3 amide bonds. The number of likely N-dealkylation sites (N-methyl/N-ethyl adjacent to an activating group) is 1. The SMILES string of the molecule is CNC(=O)[C@@H](NC(=O)[C@@H]1CN(C(=O)c2cncs2)CC12CNC2)[C@@H](C)OCC12CCC(CC1)OC2.Cl. The second-order valence-electron chi connectivity index (χ2n) is 10.7. The van der Waals surface area contributed by atoms with E-state index in [2.05, 4.69) is 20.9 Å². The van der Waals surface area contributed by atoms with E-state index in [-0.39, 0.29) is 41.0 Å². The molecule has 10 nitrogen and oxygen atoms in total. The van der Waals surface area contributed by atoms with Crippen LogP contribution in [0.5, 0.6) is 0 Å². The Bertz CT molecular complexity index is 937. The number of ether oxygens (including phenoxy) is 2. The van der Waals surface area contributed by atoms with Gasteiger partial charge in [0.1, 0.15) is 10.9 Å². The molecule has 1 spiro atoms. The summed E-state index contributed by atoms with van der Waals surface area (Å²) >= 11 is 1.30. The van der Waals surface area contributed by atoms with Crippen LogP contribution in [0.25, 0.3) is 0 Å². The van der Waals surface area contributed by atoms with Gasteiger partial charge in [-0.3, -0.25) is 19.4 Å². The number of carbonyl (C=O) groups excluding carboxylic acids is 3. The second kappa shape index (κ2) is 10.9. The Hall–Kier alpha value is -1.79. The van der Waals surface area contributed by atoms with Gasteiger partial charge in [0, 0.05) is 44.1 Å². The highest BCUT2D eigenvalue weighted by molar-refractivity contribution is 7.11. The normalized spacial score (nSPS) is 29.7. The molecule has 1 aromatic heterocycles. The summed E-state index contributed by atoms with van der Waals surface area (Å²) in [5, 5.41) is 8.90. The number of hydrogen-bond donors (Lipinski definition) is 3. The summed E-state index contributed by atoms with van der Waals surface area (Å²) in [5.41, 5.74) is 1.32. The van der Waals surface area contributed by atoms with E-state index in [1.165, 1.54) is 11.3 Å². The van der Waals surface area contributed by atoms with Crippen molar-refractivity contribution in [3.8, 4) is 0 Å². The molecule has 0 aromatic carbocycles. The number of halogens is 1. The Morgan fingerprint density at radius 2 is 2.08 bits per heavy atom. The largest absolute Gasteiger partial charge is 0.378 e. The lowest BCUT2D eigenvalue weighted by molar-refractivity contribution is -0.155. The fraction of sp³-hybridized carbons (Fsp3) is 0.750. The van der Waals surface area contributed by atoms with Gasteiger partial charge in [-0.05, 0) is 32.6 Å². The minimum atomic E-state index is -0.818. The van der Waals surface area contributed by atoms with Crippen molar-refractivity contribution in [2.75, 3.05) is 46.4 Å². The molecule has 4 aliphatic heterocycles. The molecule has 6 rings (SSSR count). The van der Waals surface area contributed by atoms with E-state index in [1.807, 2.05) is 6.92 Å². The predicted molar refractivity (Wildman–Crippen MR) is 136 cm³/mol. The smallest absolute Gasteiger partial charge is 0.265 e. The summed E-state index contributed by atoms with van der Waals surface area (Å²) in [6.07, 6.45) is 5.71. The molecule has 5 aliphatic rings. The van der Waals surface area contributed by atoms with Crippen LogP contribution in [0, 0.1) is 16.7 Å². The molecule has 2 bridgehead atoms. The zero-order chi connectivity index (χ0) is 24.6. The summed E-state index contributed by atoms with van der Waals surface area (Å²) in [6, 6.07) is -0.818. The number of nitrogens with one attached hydrogen (secondary N) is 3. The molecule has 4 saturated heterocycles. The van der Waals surface area contributed by atoms with Crippen LogP contribution < -0.4 is 16.0 Å². The molecule has 5 fully saturated rings. The van der Waals surface area contributed by atoms with E-state index in [4.69, 9.17) is 9.47 Å². The highest BCUT2D eigenvalue weighted by Crippen LogP contribution is 2.43. The third-order valence-electron chi connectivity index (χ3n) is 8.42. The Kier molecular flexibility index (Phi) is 8.25. The summed E-state index contributed by atoms with van der Waals surface area (Å²) < 4.78 is 12.1. The molecular weight excluding hydrogens is 506 g/mol. The van der Waals surface area contributed by atoms with Crippen LogP contribution >= 0.6 is 23.7 Å². The van der Waals surface area contributed by atoms with Crippen LogP contribution in [0.3, 0.4) is 0 Å². The lowest BCUT2D eigenvalue weighted by Crippen LogP contribution is -2.62. The topological polar surface area (TPSA) is 122 Å². The average Bonchev–Trinajstić information content (AvgIpc) is 3.55. The van der Waals surface area contributed by atoms with Gasteiger partial charge >= 0.3 is 0 Å². The molecule has 3 N–H and O–H groups in total. The zero-order valence-corrected chi connectivity index (χ0v) is 22.4. The number of aromatic nitrogens is 1. The first-order valence-corrected chi connectivity index (χ1v) is 13.4. The quantitative estimate of drug-likeness (QED) is 0.445. The van der Waals surface area contributed by atoms with Gasteiger partial charge in [-0.25, -0.2) is 0 Å². The standard InChI is InChI=1S/C24H35N5O5S.ClH/c1-15(33-12-23-5-3-16(4-6-23)34-13-23)19(21(31)25-2)28-20(30)17-8-29(11-24(17)9-27-10-24)22(32)18-7-26-14-35-18;/h7,14-17,19,27H,3-6,8-13H2,1-2H3,(H,25,31)(H,28,30);1H/t15-,16?,17+,19+,23?;/m1./s1. The first-order chi connectivity index (χ1) is 16.8. The van der Waals surface area contributed by atoms with Crippen molar-refractivity contribution in [3.05, 3.63) is 16.6 Å². The van der Waals surface area contributed by atoms with E-state index in [9.17, 15) is 14.4 Å². The van der Waals surface area contributed by atoms with Crippen molar-refractivity contribution in [1.82, 2.24) is 25.8 Å². The first kappa shape index (κ1) is 27.3. The van der Waals surface area contributed by atoms with Gasteiger partial charge in [0.15, 0.2) is 0 Å². The van der Waals surface area contributed by atoms with Gasteiger partial charge in [-0.15, -0.1) is 23.7 Å². The molecule has 0 unspecified atom stereocenters. The summed E-state index contributed by atoms with van der Waals surface area (Å²) in [7, 11) is 1.56. The van der Waals surface area contributed by atoms with Crippen LogP contribution in [0.2, 0.25) is 0 Å². The number of carbonyl (C=O) groups is 3. The predicted octanol–water partition coefficient (Wildman–Crippen LogP) is 0.822. The molecule has 1 saturated carbocycles.